The molecule has 0 radical (unpaired) electrons. The SMILES string of the molecule is OCc1ccc(Br)cc1Sc1ccncc1. The minimum Gasteiger partial charge on any atom is -0.392 e. The number of hydrogen-bond acceptors (Lipinski definition) is 3. The van der Waals surface area contributed by atoms with Crippen molar-refractivity contribution in [1.29, 1.82) is 0 Å². The maximum atomic E-state index is 9.25. The molecule has 0 saturated carbocycles. The van der Waals surface area contributed by atoms with E-state index in [-0.39, 0.29) is 6.61 Å². The highest BCUT2D eigenvalue weighted by Crippen LogP contribution is 2.32. The molecule has 16 heavy (non-hydrogen) atoms. The zero-order valence-electron chi connectivity index (χ0n) is 8.43. The Bertz CT molecular complexity index is 476. The van der Waals surface area contributed by atoms with E-state index in [1.54, 1.807) is 24.2 Å². The minimum absolute atomic E-state index is 0.0562. The van der Waals surface area contributed by atoms with E-state index in [1.165, 1.54) is 0 Å². The van der Waals surface area contributed by atoms with Gasteiger partial charge < -0.3 is 5.11 Å². The molecule has 0 aliphatic rings. The molecule has 2 nitrogen and oxygen atoms in total. The molecule has 0 saturated heterocycles. The number of aliphatic hydroxyl groups excluding tert-OH is 1. The van der Waals surface area contributed by atoms with Crippen LogP contribution in [0.15, 0.2) is 57.0 Å². The third-order valence-corrected chi connectivity index (χ3v) is 3.68. The largest absolute Gasteiger partial charge is 0.392 e. The van der Waals surface area contributed by atoms with Gasteiger partial charge in [0.2, 0.25) is 0 Å². The second kappa shape index (κ2) is 5.48. The molecule has 2 aromatic rings. The number of benzene rings is 1. The van der Waals surface area contributed by atoms with Crippen LogP contribution in [0.2, 0.25) is 0 Å². The van der Waals surface area contributed by atoms with Crippen molar-refractivity contribution in [2.24, 2.45) is 0 Å². The van der Waals surface area contributed by atoms with Crippen LogP contribution < -0.4 is 0 Å². The van der Waals surface area contributed by atoms with Crippen molar-refractivity contribution in [2.45, 2.75) is 16.4 Å². The van der Waals surface area contributed by atoms with E-state index in [0.717, 1.165) is 19.8 Å². The number of pyridine rings is 1. The molecule has 0 aliphatic heterocycles. The molecule has 2 rings (SSSR count). The average Bonchev–Trinajstić information content (AvgIpc) is 2.31. The van der Waals surface area contributed by atoms with E-state index >= 15 is 0 Å². The van der Waals surface area contributed by atoms with E-state index in [1.807, 2.05) is 30.3 Å². The summed E-state index contributed by atoms with van der Waals surface area (Å²) in [6.07, 6.45) is 3.53. The summed E-state index contributed by atoms with van der Waals surface area (Å²) in [4.78, 5) is 6.15. The first kappa shape index (κ1) is 11.6. The van der Waals surface area contributed by atoms with Crippen LogP contribution in [0.3, 0.4) is 0 Å². The van der Waals surface area contributed by atoms with Gasteiger partial charge in [-0.3, -0.25) is 4.98 Å². The van der Waals surface area contributed by atoms with Gasteiger partial charge in [-0.2, -0.15) is 0 Å². The van der Waals surface area contributed by atoms with E-state index in [4.69, 9.17) is 0 Å². The molecular weight excluding hydrogens is 286 g/mol. The maximum Gasteiger partial charge on any atom is 0.0692 e. The Hall–Kier alpha value is -0.840. The van der Waals surface area contributed by atoms with E-state index in [9.17, 15) is 5.11 Å². The molecule has 0 unspecified atom stereocenters. The summed E-state index contributed by atoms with van der Waals surface area (Å²) in [6, 6.07) is 9.77. The van der Waals surface area contributed by atoms with Gasteiger partial charge in [-0.25, -0.2) is 0 Å². The van der Waals surface area contributed by atoms with Crippen LogP contribution >= 0.6 is 27.7 Å². The van der Waals surface area contributed by atoms with Gasteiger partial charge in [-0.1, -0.05) is 33.8 Å². The normalized spacial score (nSPS) is 10.4. The zero-order chi connectivity index (χ0) is 11.4. The van der Waals surface area contributed by atoms with Crippen LogP contribution in [0.25, 0.3) is 0 Å². The van der Waals surface area contributed by atoms with Crippen LogP contribution in [0.1, 0.15) is 5.56 Å². The predicted octanol–water partition coefficient (Wildman–Crippen LogP) is 3.49. The van der Waals surface area contributed by atoms with E-state index in [0.29, 0.717) is 0 Å². The molecule has 0 fully saturated rings. The number of aromatic nitrogens is 1. The fourth-order valence-corrected chi connectivity index (χ4v) is 2.76. The summed E-state index contributed by atoms with van der Waals surface area (Å²) in [5, 5.41) is 9.25. The summed E-state index contributed by atoms with van der Waals surface area (Å²) in [5.41, 5.74) is 0.935. The van der Waals surface area contributed by atoms with Gasteiger partial charge in [0, 0.05) is 26.7 Å². The molecule has 0 atom stereocenters. The summed E-state index contributed by atoms with van der Waals surface area (Å²) in [6.45, 7) is 0.0562. The standard InChI is InChI=1S/C12H10BrNOS/c13-10-2-1-9(8-15)12(7-10)16-11-3-5-14-6-4-11/h1-7,15H,8H2. The molecule has 1 aromatic carbocycles. The first-order valence-electron chi connectivity index (χ1n) is 4.77. The third-order valence-electron chi connectivity index (χ3n) is 2.08. The molecule has 1 aromatic heterocycles. The van der Waals surface area contributed by atoms with Gasteiger partial charge >= 0.3 is 0 Å². The van der Waals surface area contributed by atoms with Crippen LogP contribution in [0.4, 0.5) is 0 Å². The van der Waals surface area contributed by atoms with Gasteiger partial charge in [-0.15, -0.1) is 0 Å². The van der Waals surface area contributed by atoms with Crippen molar-refractivity contribution in [1.82, 2.24) is 4.98 Å². The van der Waals surface area contributed by atoms with Crippen molar-refractivity contribution in [2.75, 3.05) is 0 Å². The Morgan fingerprint density at radius 1 is 1.19 bits per heavy atom. The second-order valence-corrected chi connectivity index (χ2v) is 5.23. The number of hydrogen-bond donors (Lipinski definition) is 1. The topological polar surface area (TPSA) is 33.1 Å². The van der Waals surface area contributed by atoms with Gasteiger partial charge in [-0.05, 0) is 29.8 Å². The van der Waals surface area contributed by atoms with Crippen molar-refractivity contribution in [3.05, 3.63) is 52.8 Å². The van der Waals surface area contributed by atoms with Crippen molar-refractivity contribution in [3.63, 3.8) is 0 Å². The Morgan fingerprint density at radius 2 is 1.94 bits per heavy atom. The molecule has 1 N–H and O–H groups in total. The first-order valence-corrected chi connectivity index (χ1v) is 6.37. The smallest absolute Gasteiger partial charge is 0.0692 e. The lowest BCUT2D eigenvalue weighted by atomic mass is 10.2. The van der Waals surface area contributed by atoms with E-state index in [2.05, 4.69) is 20.9 Å². The molecule has 0 spiro atoms. The highest BCUT2D eigenvalue weighted by Gasteiger charge is 2.04. The van der Waals surface area contributed by atoms with Crippen molar-refractivity contribution < 1.29 is 5.11 Å². The van der Waals surface area contributed by atoms with Crippen molar-refractivity contribution >= 4 is 27.7 Å². The molecule has 0 aliphatic carbocycles. The first-order chi connectivity index (χ1) is 7.79. The summed E-state index contributed by atoms with van der Waals surface area (Å²) in [7, 11) is 0. The molecule has 0 amide bonds. The van der Waals surface area contributed by atoms with Gasteiger partial charge in [0.15, 0.2) is 0 Å². The fraction of sp³-hybridized carbons (Fsp3) is 0.0833. The lowest BCUT2D eigenvalue weighted by molar-refractivity contribution is 0.279. The number of aliphatic hydroxyl groups is 1. The molecule has 82 valence electrons. The molecular formula is C12H10BrNOS. The third kappa shape index (κ3) is 2.84. The average molecular weight is 296 g/mol. The van der Waals surface area contributed by atoms with Gasteiger partial charge in [0.1, 0.15) is 0 Å². The molecule has 1 heterocycles. The maximum absolute atomic E-state index is 9.25. The van der Waals surface area contributed by atoms with Crippen LogP contribution in [0, 0.1) is 0 Å². The van der Waals surface area contributed by atoms with Gasteiger partial charge in [0.25, 0.3) is 0 Å². The van der Waals surface area contributed by atoms with Crippen LogP contribution in [0.5, 0.6) is 0 Å². The highest BCUT2D eigenvalue weighted by atomic mass is 79.9. The summed E-state index contributed by atoms with van der Waals surface area (Å²) >= 11 is 5.05. The Balaban J connectivity index is 2.30. The van der Waals surface area contributed by atoms with Crippen LogP contribution in [-0.2, 0) is 6.61 Å². The predicted molar refractivity (Wildman–Crippen MR) is 68.4 cm³/mol. The van der Waals surface area contributed by atoms with Gasteiger partial charge in [0.05, 0.1) is 6.61 Å². The van der Waals surface area contributed by atoms with Crippen molar-refractivity contribution in [3.8, 4) is 0 Å². The van der Waals surface area contributed by atoms with E-state index < -0.39 is 0 Å². The Kier molecular flexibility index (Phi) is 3.98. The summed E-state index contributed by atoms with van der Waals surface area (Å²) in [5.74, 6) is 0. The highest BCUT2D eigenvalue weighted by molar-refractivity contribution is 9.10. The number of halogens is 1. The number of nitrogens with zero attached hydrogens (tertiary/aromatic N) is 1. The zero-order valence-corrected chi connectivity index (χ0v) is 10.8. The quantitative estimate of drug-likeness (QED) is 0.941. The Morgan fingerprint density at radius 3 is 2.62 bits per heavy atom. The molecule has 4 heteroatoms. The summed E-state index contributed by atoms with van der Waals surface area (Å²) < 4.78 is 1.02. The number of rotatable bonds is 3. The monoisotopic (exact) mass is 295 g/mol. The lowest BCUT2D eigenvalue weighted by Crippen LogP contribution is -1.87. The second-order valence-electron chi connectivity index (χ2n) is 3.20. The minimum atomic E-state index is 0.0562. The molecule has 0 bridgehead atoms. The fourth-order valence-electron chi connectivity index (χ4n) is 1.29. The van der Waals surface area contributed by atoms with Crippen LogP contribution in [-0.4, -0.2) is 10.1 Å². The Labute approximate surface area is 107 Å². The lowest BCUT2D eigenvalue weighted by Gasteiger charge is -2.07.